The molecule has 0 saturated carbocycles. The first-order chi connectivity index (χ1) is 15.7. The van der Waals surface area contributed by atoms with Crippen molar-refractivity contribution in [3.8, 4) is 0 Å². The van der Waals surface area contributed by atoms with Gasteiger partial charge in [-0.2, -0.15) is 0 Å². The Labute approximate surface area is 187 Å². The van der Waals surface area contributed by atoms with Crippen LogP contribution in [0, 0.1) is 0 Å². The van der Waals surface area contributed by atoms with Crippen molar-refractivity contribution in [2.24, 2.45) is 0 Å². The summed E-state index contributed by atoms with van der Waals surface area (Å²) in [4.78, 5) is 11.3. The average molecular weight is 469 g/mol. The molecule has 2 aromatic rings. The van der Waals surface area contributed by atoms with Crippen molar-refractivity contribution >= 4 is 16.9 Å². The van der Waals surface area contributed by atoms with Gasteiger partial charge in [-0.05, 0) is 11.6 Å². The molecule has 12 nitrogen and oxygen atoms in total. The number of hydrogen-bond donors (Lipinski definition) is 7. The van der Waals surface area contributed by atoms with E-state index in [9.17, 15) is 40.5 Å². The van der Waals surface area contributed by atoms with Crippen molar-refractivity contribution in [3.05, 3.63) is 36.0 Å². The molecule has 2 aliphatic rings. The lowest BCUT2D eigenvalue weighted by molar-refractivity contribution is -0.341. The maximum atomic E-state index is 11.3. The molecule has 0 unspecified atom stereocenters. The molecule has 1 aromatic heterocycles. The maximum absolute atomic E-state index is 11.3. The van der Waals surface area contributed by atoms with Gasteiger partial charge in [-0.25, -0.2) is 0 Å². The van der Waals surface area contributed by atoms with Crippen LogP contribution in [0.25, 0.3) is 10.9 Å². The fraction of sp³-hybridized carbons (Fsp3) is 0.571. The first-order valence-electron chi connectivity index (χ1n) is 10.5. The number of aliphatic carboxylic acids is 1. The molecule has 0 amide bonds. The first kappa shape index (κ1) is 24.0. The highest BCUT2D eigenvalue weighted by molar-refractivity contribution is 5.87. The predicted molar refractivity (Wildman–Crippen MR) is 109 cm³/mol. The minimum Gasteiger partial charge on any atom is -0.481 e. The zero-order valence-corrected chi connectivity index (χ0v) is 17.4. The van der Waals surface area contributed by atoms with Gasteiger partial charge in [-0.1, -0.05) is 18.2 Å². The van der Waals surface area contributed by atoms with E-state index >= 15 is 0 Å². The van der Waals surface area contributed by atoms with Gasteiger partial charge in [0.25, 0.3) is 0 Å². The topological polar surface area (TPSA) is 191 Å². The zero-order chi connectivity index (χ0) is 23.9. The van der Waals surface area contributed by atoms with Gasteiger partial charge in [0, 0.05) is 11.6 Å². The first-order valence-corrected chi connectivity index (χ1v) is 10.5. The number of carboxylic acid groups (broad SMARTS) is 1. The van der Waals surface area contributed by atoms with E-state index in [0.717, 1.165) is 0 Å². The van der Waals surface area contributed by atoms with Gasteiger partial charge in [0.1, 0.15) is 42.7 Å². The summed E-state index contributed by atoms with van der Waals surface area (Å²) in [5.41, 5.74) is 1.08. The number of fused-ring (bicyclic) bond motifs is 1. The van der Waals surface area contributed by atoms with Crippen molar-refractivity contribution in [3.63, 3.8) is 0 Å². The summed E-state index contributed by atoms with van der Waals surface area (Å²) in [6.45, 7) is -0.914. The summed E-state index contributed by atoms with van der Waals surface area (Å²) in [6.07, 6.45) is -11.8. The summed E-state index contributed by atoms with van der Waals surface area (Å²) in [6, 6.07) is 6.96. The number of ether oxygens (including phenoxy) is 3. The minimum atomic E-state index is -1.72. The van der Waals surface area contributed by atoms with Crippen LogP contribution < -0.4 is 0 Å². The van der Waals surface area contributed by atoms with E-state index < -0.39 is 67.8 Å². The second-order valence-electron chi connectivity index (χ2n) is 8.23. The molecule has 182 valence electrons. The SMILES string of the molecule is O=C(O)Cc1cn([C@H]2OC[C@@H](O)[C@@H](O)[C@@H]2O[C@H]2O[C@H](CO)[C@@H](O)[C@H](O)[C@H]2O)c2ccccc12. The minimum absolute atomic E-state index is 0.249. The monoisotopic (exact) mass is 469 g/mol. The van der Waals surface area contributed by atoms with Gasteiger partial charge in [0.2, 0.25) is 0 Å². The summed E-state index contributed by atoms with van der Waals surface area (Å²) >= 11 is 0. The number of rotatable bonds is 6. The van der Waals surface area contributed by atoms with Crippen LogP contribution in [0.4, 0.5) is 0 Å². The number of carboxylic acids is 1. The van der Waals surface area contributed by atoms with E-state index in [2.05, 4.69) is 0 Å². The molecule has 4 rings (SSSR count). The quantitative estimate of drug-likeness (QED) is 0.241. The number of aliphatic hydroxyl groups is 6. The molecule has 0 spiro atoms. The summed E-state index contributed by atoms with van der Waals surface area (Å²) in [7, 11) is 0. The van der Waals surface area contributed by atoms with Gasteiger partial charge in [0.05, 0.1) is 25.2 Å². The molecule has 3 heterocycles. The fourth-order valence-electron chi connectivity index (χ4n) is 4.29. The van der Waals surface area contributed by atoms with Crippen LogP contribution in [0.1, 0.15) is 11.8 Å². The Bertz CT molecular complexity index is 978. The van der Waals surface area contributed by atoms with Gasteiger partial charge in [-0.3, -0.25) is 4.79 Å². The number of benzene rings is 1. The van der Waals surface area contributed by atoms with Gasteiger partial charge >= 0.3 is 5.97 Å². The Morgan fingerprint density at radius 2 is 1.79 bits per heavy atom. The molecule has 2 saturated heterocycles. The fourth-order valence-corrected chi connectivity index (χ4v) is 4.29. The van der Waals surface area contributed by atoms with Crippen LogP contribution in [-0.2, 0) is 25.4 Å². The van der Waals surface area contributed by atoms with E-state index in [1.807, 2.05) is 0 Å². The highest BCUT2D eigenvalue weighted by atomic mass is 16.7. The van der Waals surface area contributed by atoms with Crippen LogP contribution in [0.3, 0.4) is 0 Å². The Kier molecular flexibility index (Phi) is 7.00. The smallest absolute Gasteiger partial charge is 0.307 e. The Balaban J connectivity index is 1.69. The zero-order valence-electron chi connectivity index (χ0n) is 17.4. The normalized spacial score (nSPS) is 37.3. The summed E-state index contributed by atoms with van der Waals surface area (Å²) in [5, 5.41) is 70.5. The van der Waals surface area contributed by atoms with E-state index in [4.69, 9.17) is 14.2 Å². The molecule has 1 aromatic carbocycles. The average Bonchev–Trinajstić information content (AvgIpc) is 3.14. The molecule has 0 bridgehead atoms. The van der Waals surface area contributed by atoms with Crippen molar-refractivity contribution in [1.82, 2.24) is 4.57 Å². The van der Waals surface area contributed by atoms with E-state index in [1.165, 1.54) is 0 Å². The Morgan fingerprint density at radius 1 is 1.06 bits per heavy atom. The Morgan fingerprint density at radius 3 is 2.48 bits per heavy atom. The second-order valence-corrected chi connectivity index (χ2v) is 8.23. The number of carbonyl (C=O) groups is 1. The number of aliphatic hydroxyl groups excluding tert-OH is 6. The largest absolute Gasteiger partial charge is 0.481 e. The maximum Gasteiger partial charge on any atom is 0.307 e. The molecule has 2 fully saturated rings. The summed E-state index contributed by atoms with van der Waals surface area (Å²) < 4.78 is 18.4. The highest BCUT2D eigenvalue weighted by Crippen LogP contribution is 2.35. The molecule has 2 aliphatic heterocycles. The van der Waals surface area contributed by atoms with Crippen LogP contribution in [-0.4, -0.2) is 109 Å². The molecule has 12 heteroatoms. The molecular formula is C21H27NO11. The molecule has 33 heavy (non-hydrogen) atoms. The van der Waals surface area contributed by atoms with Crippen molar-refractivity contribution in [2.45, 2.75) is 61.7 Å². The van der Waals surface area contributed by atoms with Gasteiger partial charge in [0.15, 0.2) is 12.5 Å². The van der Waals surface area contributed by atoms with E-state index in [1.54, 1.807) is 35.0 Å². The highest BCUT2D eigenvalue weighted by Gasteiger charge is 2.49. The predicted octanol–water partition coefficient (Wildman–Crippen LogP) is -2.30. The molecule has 0 aliphatic carbocycles. The third-order valence-electron chi connectivity index (χ3n) is 6.03. The van der Waals surface area contributed by atoms with E-state index in [-0.39, 0.29) is 13.0 Å². The molecular weight excluding hydrogens is 442 g/mol. The van der Waals surface area contributed by atoms with Crippen LogP contribution in [0.15, 0.2) is 30.5 Å². The van der Waals surface area contributed by atoms with Crippen LogP contribution in [0.5, 0.6) is 0 Å². The van der Waals surface area contributed by atoms with Crippen molar-refractivity contribution in [2.75, 3.05) is 13.2 Å². The Hall–Kier alpha value is -2.13. The number of nitrogens with zero attached hydrogens (tertiary/aromatic N) is 1. The third kappa shape index (κ3) is 4.49. The van der Waals surface area contributed by atoms with Gasteiger partial charge < -0.3 is 54.5 Å². The number of para-hydroxylation sites is 1. The molecule has 9 atom stereocenters. The standard InChI is InChI=1S/C21H27NO11/c23-7-13-16(28)17(29)18(30)21(32-13)33-19-15(27)12(24)8-31-20(19)22-6-9(5-14(25)26)10-3-1-2-4-11(10)22/h1-4,6,12-13,15-21,23-24,27-30H,5,7-8H2,(H,25,26)/t12-,13-,15-,16-,17+,18-,19+,20+,21-/m1/s1. The lowest BCUT2D eigenvalue weighted by Crippen LogP contribution is -2.62. The molecule has 7 N–H and O–H groups in total. The lowest BCUT2D eigenvalue weighted by Gasteiger charge is -2.44. The number of hydrogen-bond acceptors (Lipinski definition) is 10. The van der Waals surface area contributed by atoms with E-state index in [0.29, 0.717) is 16.5 Å². The van der Waals surface area contributed by atoms with Crippen molar-refractivity contribution < 1.29 is 54.8 Å². The second kappa shape index (κ2) is 9.62. The van der Waals surface area contributed by atoms with Crippen LogP contribution in [0.2, 0.25) is 0 Å². The third-order valence-corrected chi connectivity index (χ3v) is 6.03. The summed E-state index contributed by atoms with van der Waals surface area (Å²) in [5.74, 6) is -1.04. The molecule has 0 radical (unpaired) electrons. The van der Waals surface area contributed by atoms with Gasteiger partial charge in [-0.15, -0.1) is 0 Å². The van der Waals surface area contributed by atoms with Crippen molar-refractivity contribution in [1.29, 1.82) is 0 Å². The van der Waals surface area contributed by atoms with Crippen LogP contribution >= 0.6 is 0 Å². The number of aromatic nitrogens is 1. The lowest BCUT2D eigenvalue weighted by atomic mass is 9.98.